The molecule has 0 saturated heterocycles. The van der Waals surface area contributed by atoms with Crippen LogP contribution in [0.15, 0.2) is 61.9 Å². The molecule has 0 unspecified atom stereocenters. The lowest BCUT2D eigenvalue weighted by atomic mass is 9.96. The van der Waals surface area contributed by atoms with Gasteiger partial charge in [0.25, 0.3) is 5.56 Å². The van der Waals surface area contributed by atoms with Gasteiger partial charge in [-0.15, -0.1) is 0 Å². The van der Waals surface area contributed by atoms with Gasteiger partial charge in [0.15, 0.2) is 11.4 Å². The number of thiazole rings is 1. The number of rotatable bonds is 8. The number of hydrogen-bond acceptors (Lipinski definition) is 8. The van der Waals surface area contributed by atoms with Crippen LogP contribution < -0.4 is 24.4 Å². The fourth-order valence-corrected chi connectivity index (χ4v) is 6.85. The zero-order valence-corrected chi connectivity index (χ0v) is 25.3. The van der Waals surface area contributed by atoms with E-state index in [9.17, 15) is 9.59 Å². The molecule has 8 nitrogen and oxygen atoms in total. The van der Waals surface area contributed by atoms with Crippen molar-refractivity contribution in [2.45, 2.75) is 26.8 Å². The van der Waals surface area contributed by atoms with E-state index in [4.69, 9.17) is 19.5 Å². The van der Waals surface area contributed by atoms with Gasteiger partial charge < -0.3 is 14.2 Å². The molecule has 0 fully saturated rings. The maximum absolute atomic E-state index is 13.9. The monoisotopic (exact) mass is 707 g/mol. The number of nitrogens with zero attached hydrogens (tertiary/aromatic N) is 3. The smallest absolute Gasteiger partial charge is 0.338 e. The zero-order valence-electron chi connectivity index (χ0n) is 20.8. The quantitative estimate of drug-likeness (QED) is 0.253. The number of aromatic nitrogens is 1. The molecule has 0 radical (unpaired) electrons. The van der Waals surface area contributed by atoms with Crippen LogP contribution in [0.25, 0.3) is 6.08 Å². The van der Waals surface area contributed by atoms with Crippen LogP contribution in [0, 0.1) is 14.9 Å². The second-order valence-corrected chi connectivity index (χ2v) is 11.1. The van der Waals surface area contributed by atoms with Crippen molar-refractivity contribution in [1.29, 1.82) is 5.26 Å². The van der Waals surface area contributed by atoms with E-state index in [1.807, 2.05) is 49.4 Å². The minimum absolute atomic E-state index is 0.125. The predicted molar refractivity (Wildman–Crippen MR) is 156 cm³/mol. The van der Waals surface area contributed by atoms with E-state index in [0.717, 1.165) is 13.6 Å². The topological polar surface area (TPSA) is 103 Å². The summed E-state index contributed by atoms with van der Waals surface area (Å²) in [6, 6.07) is 12.3. The summed E-state index contributed by atoms with van der Waals surface area (Å²) in [6.45, 7) is 5.98. The number of esters is 1. The van der Waals surface area contributed by atoms with Gasteiger partial charge in [-0.3, -0.25) is 9.36 Å². The maximum Gasteiger partial charge on any atom is 0.338 e. The minimum atomic E-state index is -0.722. The molecule has 0 aliphatic carbocycles. The Labute approximate surface area is 245 Å². The summed E-state index contributed by atoms with van der Waals surface area (Å²) in [5.41, 5.74) is 1.87. The number of fused-ring (bicyclic) bond motifs is 1. The number of nitriles is 1. The second-order valence-electron chi connectivity index (χ2n) is 8.06. The SMILES string of the molecule is CCOC(=O)C1=C(C)N=c2s/c(=C\c3cc(Br)cc(I)c3OCC#N)c(=O)n2[C@@H]1c1ccc(OCC)cc1. The molecule has 0 amide bonds. The van der Waals surface area contributed by atoms with Gasteiger partial charge in [0, 0.05) is 10.0 Å². The molecule has 1 aliphatic heterocycles. The van der Waals surface area contributed by atoms with Crippen LogP contribution in [0.4, 0.5) is 0 Å². The van der Waals surface area contributed by atoms with Gasteiger partial charge >= 0.3 is 5.97 Å². The average Bonchev–Trinajstić information content (AvgIpc) is 3.17. The van der Waals surface area contributed by atoms with Gasteiger partial charge in [-0.25, -0.2) is 9.79 Å². The highest BCUT2D eigenvalue weighted by Crippen LogP contribution is 2.33. The van der Waals surface area contributed by atoms with Crippen LogP contribution in [-0.4, -0.2) is 30.4 Å². The van der Waals surface area contributed by atoms with Crippen LogP contribution in [0.5, 0.6) is 11.5 Å². The predicted octanol–water partition coefficient (Wildman–Crippen LogP) is 4.47. The molecule has 0 saturated carbocycles. The van der Waals surface area contributed by atoms with E-state index in [0.29, 0.717) is 44.3 Å². The van der Waals surface area contributed by atoms with Crippen LogP contribution >= 0.6 is 49.9 Å². The van der Waals surface area contributed by atoms with E-state index in [1.165, 1.54) is 15.9 Å². The lowest BCUT2D eigenvalue weighted by Gasteiger charge is -2.24. The Hall–Kier alpha value is -2.95. The molecule has 1 aliphatic rings. The summed E-state index contributed by atoms with van der Waals surface area (Å²) in [4.78, 5) is 32.0. The standard InChI is InChI=1S/C27H23BrIN3O5S/c1-4-35-19-8-6-16(7-9-19)23-22(26(34)36-5-2)15(3)31-27-32(23)25(33)21(38-27)13-17-12-18(28)14-20(29)24(17)37-11-10-30/h6-9,12-14,23H,4-5,11H2,1-3H3/b21-13-/t23-/m1/s1. The fraction of sp³-hybridized carbons (Fsp3) is 0.259. The highest BCUT2D eigenvalue weighted by atomic mass is 127. The van der Waals surface area contributed by atoms with Crippen molar-refractivity contribution in [1.82, 2.24) is 4.57 Å². The summed E-state index contributed by atoms with van der Waals surface area (Å²) in [6.07, 6.45) is 1.72. The summed E-state index contributed by atoms with van der Waals surface area (Å²) in [5, 5.41) is 9.01. The van der Waals surface area contributed by atoms with Gasteiger partial charge in [-0.2, -0.15) is 5.26 Å². The first-order valence-electron chi connectivity index (χ1n) is 11.7. The first-order valence-corrected chi connectivity index (χ1v) is 14.4. The molecule has 4 rings (SSSR count). The normalized spacial score (nSPS) is 14.9. The summed E-state index contributed by atoms with van der Waals surface area (Å²) >= 11 is 6.84. The Kier molecular flexibility index (Phi) is 9.07. The van der Waals surface area contributed by atoms with Gasteiger partial charge in [0.05, 0.1) is 38.6 Å². The van der Waals surface area contributed by atoms with Crippen LogP contribution in [-0.2, 0) is 9.53 Å². The van der Waals surface area contributed by atoms with E-state index < -0.39 is 12.0 Å². The van der Waals surface area contributed by atoms with E-state index in [-0.39, 0.29) is 18.8 Å². The number of benzene rings is 2. The molecule has 3 aromatic rings. The number of ether oxygens (including phenoxy) is 3. The van der Waals surface area contributed by atoms with Gasteiger partial charge in [0.1, 0.15) is 17.6 Å². The Morgan fingerprint density at radius 1 is 1.24 bits per heavy atom. The third-order valence-electron chi connectivity index (χ3n) is 5.63. The van der Waals surface area contributed by atoms with Crippen molar-refractivity contribution >= 4 is 61.9 Å². The highest BCUT2D eigenvalue weighted by molar-refractivity contribution is 14.1. The Bertz CT molecular complexity index is 1640. The zero-order chi connectivity index (χ0) is 27.4. The van der Waals surface area contributed by atoms with Gasteiger partial charge in [0.2, 0.25) is 0 Å². The van der Waals surface area contributed by atoms with Crippen molar-refractivity contribution < 1.29 is 19.0 Å². The van der Waals surface area contributed by atoms with E-state index in [1.54, 1.807) is 19.9 Å². The van der Waals surface area contributed by atoms with Crippen LogP contribution in [0.2, 0.25) is 0 Å². The van der Waals surface area contributed by atoms with Crippen molar-refractivity contribution in [2.24, 2.45) is 4.99 Å². The first-order chi connectivity index (χ1) is 18.3. The molecule has 0 bridgehead atoms. The molecule has 38 heavy (non-hydrogen) atoms. The van der Waals surface area contributed by atoms with Crippen molar-refractivity contribution in [3.05, 3.63) is 86.5 Å². The number of halogens is 2. The number of allylic oxidation sites excluding steroid dienone is 1. The summed E-state index contributed by atoms with van der Waals surface area (Å²) in [5.74, 6) is 0.680. The van der Waals surface area contributed by atoms with Crippen LogP contribution in [0.3, 0.4) is 0 Å². The third kappa shape index (κ3) is 5.72. The van der Waals surface area contributed by atoms with Crippen molar-refractivity contribution in [3.8, 4) is 17.6 Å². The molecule has 196 valence electrons. The van der Waals surface area contributed by atoms with Gasteiger partial charge in [-0.05, 0) is 79.3 Å². The molecule has 2 aromatic carbocycles. The summed E-state index contributed by atoms with van der Waals surface area (Å²) < 4.78 is 20.1. The minimum Gasteiger partial charge on any atom is -0.494 e. The Morgan fingerprint density at radius 3 is 2.63 bits per heavy atom. The largest absolute Gasteiger partial charge is 0.494 e. The number of hydrogen-bond donors (Lipinski definition) is 0. The second kappa shape index (κ2) is 12.3. The molecule has 2 heterocycles. The highest BCUT2D eigenvalue weighted by Gasteiger charge is 2.33. The average molecular weight is 708 g/mol. The molecule has 1 aromatic heterocycles. The van der Waals surface area contributed by atoms with E-state index >= 15 is 0 Å². The van der Waals surface area contributed by atoms with Crippen molar-refractivity contribution in [3.63, 3.8) is 0 Å². The molecule has 11 heteroatoms. The molecular weight excluding hydrogens is 685 g/mol. The fourth-order valence-electron chi connectivity index (χ4n) is 4.11. The molecule has 1 atom stereocenters. The number of carbonyl (C=O) groups is 1. The van der Waals surface area contributed by atoms with Crippen molar-refractivity contribution in [2.75, 3.05) is 19.8 Å². The van der Waals surface area contributed by atoms with E-state index in [2.05, 4.69) is 43.5 Å². The lowest BCUT2D eigenvalue weighted by Crippen LogP contribution is -2.39. The van der Waals surface area contributed by atoms with Crippen LogP contribution in [0.1, 0.15) is 37.9 Å². The first kappa shape index (κ1) is 28.1. The lowest BCUT2D eigenvalue weighted by molar-refractivity contribution is -0.139. The maximum atomic E-state index is 13.9. The Morgan fingerprint density at radius 2 is 1.97 bits per heavy atom. The Balaban J connectivity index is 1.94. The molecular formula is C27H23BrIN3O5S. The molecule has 0 N–H and O–H groups in total. The molecule has 0 spiro atoms. The number of carbonyl (C=O) groups excluding carboxylic acids is 1. The third-order valence-corrected chi connectivity index (χ3v) is 7.87. The summed E-state index contributed by atoms with van der Waals surface area (Å²) in [7, 11) is 0. The van der Waals surface area contributed by atoms with Gasteiger partial charge in [-0.1, -0.05) is 39.4 Å².